The Morgan fingerprint density at radius 3 is 2.05 bits per heavy atom. The van der Waals surface area contributed by atoms with E-state index in [1.165, 1.54) is 4.31 Å². The fraction of sp³-hybridized carbons (Fsp3) is 0.625. The van der Waals surface area contributed by atoms with Gasteiger partial charge in [0.05, 0.1) is 4.90 Å². The van der Waals surface area contributed by atoms with E-state index < -0.39 is 10.0 Å². The van der Waals surface area contributed by atoms with E-state index in [9.17, 15) is 8.42 Å². The molecule has 2 N–H and O–H groups in total. The average Bonchev–Trinajstić information content (AvgIpc) is 2.33. The second-order valence-corrected chi connectivity index (χ2v) is 8.23. The lowest BCUT2D eigenvalue weighted by molar-refractivity contribution is 0.397. The van der Waals surface area contributed by atoms with Gasteiger partial charge < -0.3 is 5.73 Å². The van der Waals surface area contributed by atoms with Crippen molar-refractivity contribution in [3.63, 3.8) is 0 Å². The summed E-state index contributed by atoms with van der Waals surface area (Å²) in [6.07, 6.45) is 0.664. The average molecular weight is 312 g/mol. The maximum atomic E-state index is 12.8. The Bertz CT molecular complexity index is 571. The minimum atomic E-state index is -3.46. The van der Waals surface area contributed by atoms with Gasteiger partial charge in [0.15, 0.2) is 0 Å². The van der Waals surface area contributed by atoms with E-state index in [1.54, 1.807) is 7.05 Å². The smallest absolute Gasteiger partial charge is 0.243 e. The lowest BCUT2D eigenvalue weighted by Gasteiger charge is -2.23. The molecule has 0 aliphatic rings. The Morgan fingerprint density at radius 2 is 1.62 bits per heavy atom. The Labute approximate surface area is 129 Å². The van der Waals surface area contributed by atoms with Gasteiger partial charge in [0.2, 0.25) is 10.0 Å². The van der Waals surface area contributed by atoms with Crippen LogP contribution in [0.2, 0.25) is 0 Å². The molecule has 0 aliphatic carbocycles. The number of benzene rings is 1. The molecule has 4 nitrogen and oxygen atoms in total. The van der Waals surface area contributed by atoms with E-state index in [0.717, 1.165) is 16.7 Å². The summed E-state index contributed by atoms with van der Waals surface area (Å²) in [5.74, 6) is 0.351. The molecule has 0 aromatic heterocycles. The molecule has 0 bridgehead atoms. The molecule has 5 heteroatoms. The maximum absolute atomic E-state index is 12.8. The number of rotatable bonds is 6. The van der Waals surface area contributed by atoms with Crippen molar-refractivity contribution in [1.82, 2.24) is 4.31 Å². The molecule has 1 unspecified atom stereocenters. The summed E-state index contributed by atoms with van der Waals surface area (Å²) >= 11 is 0. The van der Waals surface area contributed by atoms with E-state index in [-0.39, 0.29) is 6.04 Å². The summed E-state index contributed by atoms with van der Waals surface area (Å²) in [6.45, 7) is 10.2. The van der Waals surface area contributed by atoms with Crippen LogP contribution in [0.1, 0.15) is 37.0 Å². The summed E-state index contributed by atoms with van der Waals surface area (Å²) in [5, 5.41) is 0. The number of sulfonamides is 1. The molecule has 0 fully saturated rings. The van der Waals surface area contributed by atoms with Gasteiger partial charge in [0, 0.05) is 19.6 Å². The fourth-order valence-electron chi connectivity index (χ4n) is 2.51. The lowest BCUT2D eigenvalue weighted by atomic mass is 10.0. The van der Waals surface area contributed by atoms with Gasteiger partial charge >= 0.3 is 0 Å². The van der Waals surface area contributed by atoms with Gasteiger partial charge in [0.1, 0.15) is 0 Å². The van der Waals surface area contributed by atoms with Crippen LogP contribution in [-0.4, -0.2) is 32.4 Å². The number of hydrogen-bond acceptors (Lipinski definition) is 3. The number of hydrogen-bond donors (Lipinski definition) is 1. The van der Waals surface area contributed by atoms with Crippen LogP contribution in [0.3, 0.4) is 0 Å². The second-order valence-electron chi connectivity index (χ2n) is 6.25. The number of nitrogens with zero attached hydrogens (tertiary/aromatic N) is 1. The molecular weight excluding hydrogens is 284 g/mol. The zero-order chi connectivity index (χ0) is 16.4. The molecule has 1 aromatic carbocycles. The molecule has 1 aromatic rings. The predicted molar refractivity (Wildman–Crippen MR) is 87.9 cm³/mol. The van der Waals surface area contributed by atoms with Crippen LogP contribution in [0.15, 0.2) is 17.0 Å². The molecule has 0 saturated carbocycles. The highest BCUT2D eigenvalue weighted by atomic mass is 32.2. The standard InChI is InChI=1S/C16H28N2O2S/c1-11(2)15(17)7-8-18(6)21(19,20)16-13(4)9-12(3)10-14(16)5/h9-11,15H,7-8,17H2,1-6H3. The van der Waals surface area contributed by atoms with Crippen molar-refractivity contribution >= 4 is 10.0 Å². The summed E-state index contributed by atoms with van der Waals surface area (Å²) in [6, 6.07) is 3.84. The van der Waals surface area contributed by atoms with Gasteiger partial charge in [-0.2, -0.15) is 0 Å². The first-order valence-corrected chi connectivity index (χ1v) is 8.81. The van der Waals surface area contributed by atoms with Crippen molar-refractivity contribution < 1.29 is 8.42 Å². The molecule has 21 heavy (non-hydrogen) atoms. The molecule has 0 aliphatic heterocycles. The highest BCUT2D eigenvalue weighted by Crippen LogP contribution is 2.24. The van der Waals surface area contributed by atoms with E-state index in [4.69, 9.17) is 5.73 Å². The second kappa shape index (κ2) is 6.90. The summed E-state index contributed by atoms with van der Waals surface area (Å²) in [4.78, 5) is 0.425. The van der Waals surface area contributed by atoms with E-state index in [1.807, 2.05) is 46.8 Å². The normalized spacial score (nSPS) is 14.0. The third-order valence-corrected chi connectivity index (χ3v) is 6.07. The Balaban J connectivity index is 3.01. The van der Waals surface area contributed by atoms with Gasteiger partial charge in [0.25, 0.3) is 0 Å². The van der Waals surface area contributed by atoms with Crippen molar-refractivity contribution in [3.8, 4) is 0 Å². The summed E-state index contributed by atoms with van der Waals surface area (Å²) < 4.78 is 26.9. The van der Waals surface area contributed by atoms with Crippen LogP contribution in [0.4, 0.5) is 0 Å². The predicted octanol–water partition coefficient (Wildman–Crippen LogP) is 2.61. The minimum Gasteiger partial charge on any atom is -0.327 e. The van der Waals surface area contributed by atoms with Crippen molar-refractivity contribution in [3.05, 3.63) is 28.8 Å². The van der Waals surface area contributed by atoms with Crippen molar-refractivity contribution in [2.24, 2.45) is 11.7 Å². The van der Waals surface area contributed by atoms with E-state index in [0.29, 0.717) is 23.8 Å². The molecule has 1 atom stereocenters. The summed E-state index contributed by atoms with van der Waals surface area (Å²) in [5.41, 5.74) is 8.68. The summed E-state index contributed by atoms with van der Waals surface area (Å²) in [7, 11) is -1.83. The molecule has 120 valence electrons. The van der Waals surface area contributed by atoms with E-state index >= 15 is 0 Å². The van der Waals surface area contributed by atoms with Crippen LogP contribution >= 0.6 is 0 Å². The van der Waals surface area contributed by atoms with Gasteiger partial charge in [-0.3, -0.25) is 0 Å². The first kappa shape index (κ1) is 18.1. The highest BCUT2D eigenvalue weighted by molar-refractivity contribution is 7.89. The third kappa shape index (κ3) is 4.28. The van der Waals surface area contributed by atoms with Crippen molar-refractivity contribution in [1.29, 1.82) is 0 Å². The fourth-order valence-corrected chi connectivity index (χ4v) is 4.10. The van der Waals surface area contributed by atoms with Crippen LogP contribution < -0.4 is 5.73 Å². The lowest BCUT2D eigenvalue weighted by Crippen LogP contribution is -2.35. The maximum Gasteiger partial charge on any atom is 0.243 e. The third-order valence-electron chi connectivity index (χ3n) is 3.91. The van der Waals surface area contributed by atoms with Crippen molar-refractivity contribution in [2.75, 3.05) is 13.6 Å². The molecule has 0 saturated heterocycles. The van der Waals surface area contributed by atoms with Crippen LogP contribution in [0.5, 0.6) is 0 Å². The van der Waals surface area contributed by atoms with Crippen LogP contribution in [0, 0.1) is 26.7 Å². The van der Waals surface area contributed by atoms with E-state index in [2.05, 4.69) is 0 Å². The monoisotopic (exact) mass is 312 g/mol. The Morgan fingerprint density at radius 1 is 1.14 bits per heavy atom. The Kier molecular flexibility index (Phi) is 5.96. The van der Waals surface area contributed by atoms with Gasteiger partial charge in [-0.05, 0) is 44.2 Å². The highest BCUT2D eigenvalue weighted by Gasteiger charge is 2.25. The topological polar surface area (TPSA) is 63.4 Å². The van der Waals surface area contributed by atoms with Gasteiger partial charge in [-0.25, -0.2) is 12.7 Å². The zero-order valence-corrected chi connectivity index (χ0v) is 14.8. The molecule has 0 spiro atoms. The SMILES string of the molecule is Cc1cc(C)c(S(=O)(=O)N(C)CCC(N)C(C)C)c(C)c1. The largest absolute Gasteiger partial charge is 0.327 e. The molecule has 1 rings (SSSR count). The number of aryl methyl sites for hydroxylation is 3. The van der Waals surface area contributed by atoms with Crippen LogP contribution in [0.25, 0.3) is 0 Å². The Hall–Kier alpha value is -0.910. The first-order valence-electron chi connectivity index (χ1n) is 7.37. The van der Waals surface area contributed by atoms with Gasteiger partial charge in [-0.15, -0.1) is 0 Å². The first-order chi connectivity index (χ1) is 9.57. The van der Waals surface area contributed by atoms with Gasteiger partial charge in [-0.1, -0.05) is 31.5 Å². The molecule has 0 radical (unpaired) electrons. The minimum absolute atomic E-state index is 0.0165. The number of nitrogens with two attached hydrogens (primary N) is 1. The van der Waals surface area contributed by atoms with Crippen molar-refractivity contribution in [2.45, 2.75) is 52.0 Å². The molecule has 0 amide bonds. The van der Waals surface area contributed by atoms with Crippen LogP contribution in [-0.2, 0) is 10.0 Å². The molecular formula is C16H28N2O2S. The quantitative estimate of drug-likeness (QED) is 0.878. The molecule has 0 heterocycles. The zero-order valence-electron chi connectivity index (χ0n) is 14.0.